The SMILES string of the molecule is CCc1cnc(OC2CCN(CCc3ccccc3)CC2)nc1. The minimum atomic E-state index is 0.246. The number of hydrogen-bond acceptors (Lipinski definition) is 4. The summed E-state index contributed by atoms with van der Waals surface area (Å²) >= 11 is 0. The van der Waals surface area contributed by atoms with E-state index in [0.717, 1.165) is 50.9 Å². The van der Waals surface area contributed by atoms with Crippen molar-refractivity contribution in [2.45, 2.75) is 38.7 Å². The lowest BCUT2D eigenvalue weighted by atomic mass is 10.1. The van der Waals surface area contributed by atoms with Crippen molar-refractivity contribution in [3.63, 3.8) is 0 Å². The molecule has 1 fully saturated rings. The molecule has 0 amide bonds. The first-order valence-electron chi connectivity index (χ1n) is 8.57. The number of likely N-dealkylation sites (tertiary alicyclic amines) is 1. The van der Waals surface area contributed by atoms with Gasteiger partial charge in [0.05, 0.1) is 0 Å². The number of rotatable bonds is 6. The third-order valence-corrected chi connectivity index (χ3v) is 4.46. The molecule has 0 aliphatic carbocycles. The molecule has 1 aliphatic heterocycles. The highest BCUT2D eigenvalue weighted by atomic mass is 16.5. The van der Waals surface area contributed by atoms with Crippen LogP contribution in [0.4, 0.5) is 0 Å². The largest absolute Gasteiger partial charge is 0.460 e. The summed E-state index contributed by atoms with van der Waals surface area (Å²) < 4.78 is 5.92. The number of ether oxygens (including phenoxy) is 1. The summed E-state index contributed by atoms with van der Waals surface area (Å²) in [6.45, 7) is 5.40. The van der Waals surface area contributed by atoms with Gasteiger partial charge in [-0.3, -0.25) is 0 Å². The minimum Gasteiger partial charge on any atom is -0.460 e. The van der Waals surface area contributed by atoms with E-state index in [1.165, 1.54) is 5.56 Å². The fraction of sp³-hybridized carbons (Fsp3) is 0.474. The van der Waals surface area contributed by atoms with Crippen molar-refractivity contribution in [1.82, 2.24) is 14.9 Å². The molecule has 1 aromatic heterocycles. The first-order chi connectivity index (χ1) is 11.3. The van der Waals surface area contributed by atoms with Crippen LogP contribution >= 0.6 is 0 Å². The second-order valence-electron chi connectivity index (χ2n) is 6.12. The van der Waals surface area contributed by atoms with Crippen molar-refractivity contribution in [1.29, 1.82) is 0 Å². The summed E-state index contributed by atoms with van der Waals surface area (Å²) in [6.07, 6.45) is 8.14. The van der Waals surface area contributed by atoms with E-state index >= 15 is 0 Å². The Hall–Kier alpha value is -1.94. The highest BCUT2D eigenvalue weighted by molar-refractivity contribution is 5.14. The number of nitrogens with zero attached hydrogens (tertiary/aromatic N) is 3. The Balaban J connectivity index is 1.41. The van der Waals surface area contributed by atoms with Gasteiger partial charge >= 0.3 is 6.01 Å². The van der Waals surface area contributed by atoms with Gasteiger partial charge in [0.15, 0.2) is 0 Å². The Labute approximate surface area is 138 Å². The topological polar surface area (TPSA) is 38.2 Å². The van der Waals surface area contributed by atoms with Gasteiger partial charge < -0.3 is 9.64 Å². The molecule has 4 nitrogen and oxygen atoms in total. The second kappa shape index (κ2) is 8.06. The predicted octanol–water partition coefficient (Wildman–Crippen LogP) is 3.12. The van der Waals surface area contributed by atoms with Gasteiger partial charge in [0.25, 0.3) is 0 Å². The molecule has 122 valence electrons. The summed E-state index contributed by atoms with van der Waals surface area (Å²) in [7, 11) is 0. The number of hydrogen-bond donors (Lipinski definition) is 0. The highest BCUT2D eigenvalue weighted by Crippen LogP contribution is 2.16. The Morgan fingerprint density at radius 1 is 1.04 bits per heavy atom. The molecule has 0 saturated carbocycles. The maximum atomic E-state index is 5.92. The number of aryl methyl sites for hydroxylation is 1. The predicted molar refractivity (Wildman–Crippen MR) is 91.6 cm³/mol. The van der Waals surface area contributed by atoms with E-state index in [1.807, 2.05) is 12.4 Å². The molecule has 0 atom stereocenters. The Morgan fingerprint density at radius 2 is 1.74 bits per heavy atom. The van der Waals surface area contributed by atoms with Crippen molar-refractivity contribution in [3.05, 3.63) is 53.9 Å². The summed E-state index contributed by atoms with van der Waals surface area (Å²) in [4.78, 5) is 11.1. The second-order valence-corrected chi connectivity index (χ2v) is 6.12. The van der Waals surface area contributed by atoms with Crippen molar-refractivity contribution >= 4 is 0 Å². The summed E-state index contributed by atoms with van der Waals surface area (Å²) in [6, 6.07) is 11.2. The van der Waals surface area contributed by atoms with Gasteiger partial charge in [-0.05, 0) is 36.8 Å². The zero-order valence-electron chi connectivity index (χ0n) is 13.8. The molecule has 0 N–H and O–H groups in total. The fourth-order valence-electron chi connectivity index (χ4n) is 2.92. The van der Waals surface area contributed by atoms with Crippen LogP contribution in [0.25, 0.3) is 0 Å². The average Bonchev–Trinajstić information content (AvgIpc) is 2.63. The van der Waals surface area contributed by atoms with E-state index in [0.29, 0.717) is 6.01 Å². The van der Waals surface area contributed by atoms with E-state index in [2.05, 4.69) is 52.1 Å². The summed E-state index contributed by atoms with van der Waals surface area (Å²) in [5.74, 6) is 0. The van der Waals surface area contributed by atoms with E-state index in [4.69, 9.17) is 4.74 Å². The van der Waals surface area contributed by atoms with Crippen LogP contribution in [0.1, 0.15) is 30.9 Å². The number of aromatic nitrogens is 2. The van der Waals surface area contributed by atoms with Crippen LogP contribution in [0.5, 0.6) is 6.01 Å². The van der Waals surface area contributed by atoms with Gasteiger partial charge in [0, 0.05) is 32.0 Å². The van der Waals surface area contributed by atoms with Crippen LogP contribution in [0.2, 0.25) is 0 Å². The van der Waals surface area contributed by atoms with Crippen molar-refractivity contribution in [3.8, 4) is 6.01 Å². The van der Waals surface area contributed by atoms with Crippen LogP contribution in [0.3, 0.4) is 0 Å². The number of piperidine rings is 1. The molecule has 23 heavy (non-hydrogen) atoms. The molecule has 0 radical (unpaired) electrons. The van der Waals surface area contributed by atoms with Crippen LogP contribution in [-0.4, -0.2) is 40.6 Å². The molecule has 2 heterocycles. The maximum absolute atomic E-state index is 5.92. The molecule has 1 aromatic carbocycles. The zero-order chi connectivity index (χ0) is 15.9. The van der Waals surface area contributed by atoms with Crippen molar-refractivity contribution in [2.24, 2.45) is 0 Å². The van der Waals surface area contributed by atoms with Gasteiger partial charge in [-0.1, -0.05) is 37.3 Å². The molecule has 4 heteroatoms. The van der Waals surface area contributed by atoms with Gasteiger partial charge in [0.2, 0.25) is 0 Å². The molecule has 0 unspecified atom stereocenters. The lowest BCUT2D eigenvalue weighted by Crippen LogP contribution is -2.39. The first-order valence-corrected chi connectivity index (χ1v) is 8.57. The quantitative estimate of drug-likeness (QED) is 0.821. The molecule has 1 aliphatic rings. The first kappa shape index (κ1) is 15.9. The van der Waals surface area contributed by atoms with E-state index in [1.54, 1.807) is 0 Å². The van der Waals surface area contributed by atoms with Crippen molar-refractivity contribution in [2.75, 3.05) is 19.6 Å². The van der Waals surface area contributed by atoms with Gasteiger partial charge in [-0.15, -0.1) is 0 Å². The zero-order valence-corrected chi connectivity index (χ0v) is 13.8. The van der Waals surface area contributed by atoms with Crippen LogP contribution in [-0.2, 0) is 12.8 Å². The van der Waals surface area contributed by atoms with Gasteiger partial charge in [-0.25, -0.2) is 9.97 Å². The van der Waals surface area contributed by atoms with Crippen LogP contribution in [0, 0.1) is 0 Å². The number of benzene rings is 1. The van der Waals surface area contributed by atoms with E-state index in [9.17, 15) is 0 Å². The molecular formula is C19H25N3O. The monoisotopic (exact) mass is 311 g/mol. The van der Waals surface area contributed by atoms with E-state index in [-0.39, 0.29) is 6.10 Å². The van der Waals surface area contributed by atoms with E-state index < -0.39 is 0 Å². The average molecular weight is 311 g/mol. The molecule has 3 rings (SSSR count). The fourth-order valence-corrected chi connectivity index (χ4v) is 2.92. The third-order valence-electron chi connectivity index (χ3n) is 4.46. The lowest BCUT2D eigenvalue weighted by Gasteiger charge is -2.31. The molecular weight excluding hydrogens is 286 g/mol. The van der Waals surface area contributed by atoms with Gasteiger partial charge in [-0.2, -0.15) is 0 Å². The maximum Gasteiger partial charge on any atom is 0.316 e. The van der Waals surface area contributed by atoms with Gasteiger partial charge in [0.1, 0.15) is 6.10 Å². The Morgan fingerprint density at radius 3 is 2.39 bits per heavy atom. The lowest BCUT2D eigenvalue weighted by molar-refractivity contribution is 0.0933. The third kappa shape index (κ3) is 4.76. The standard InChI is InChI=1S/C19H25N3O/c1-2-16-14-20-19(21-15-16)23-18-9-12-22(13-10-18)11-8-17-6-4-3-5-7-17/h3-7,14-15,18H,2,8-13H2,1H3. The Kier molecular flexibility index (Phi) is 5.59. The molecule has 2 aromatic rings. The smallest absolute Gasteiger partial charge is 0.316 e. The normalized spacial score (nSPS) is 16.4. The van der Waals surface area contributed by atoms with Crippen LogP contribution < -0.4 is 4.74 Å². The Bertz CT molecular complexity index is 577. The highest BCUT2D eigenvalue weighted by Gasteiger charge is 2.21. The molecule has 0 bridgehead atoms. The minimum absolute atomic E-state index is 0.246. The molecule has 0 spiro atoms. The summed E-state index contributed by atoms with van der Waals surface area (Å²) in [5, 5.41) is 0. The molecule has 1 saturated heterocycles. The van der Waals surface area contributed by atoms with Crippen molar-refractivity contribution < 1.29 is 4.74 Å². The summed E-state index contributed by atoms with van der Waals surface area (Å²) in [5.41, 5.74) is 2.56. The van der Waals surface area contributed by atoms with Crippen LogP contribution in [0.15, 0.2) is 42.7 Å².